The molecule has 0 saturated heterocycles. The van der Waals surface area contributed by atoms with Crippen molar-refractivity contribution in [3.8, 4) is 28.4 Å². The zero-order valence-electron chi connectivity index (χ0n) is 24.3. The van der Waals surface area contributed by atoms with E-state index in [-0.39, 0.29) is 11.3 Å². The third-order valence-corrected chi connectivity index (χ3v) is 7.65. The lowest BCUT2D eigenvalue weighted by atomic mass is 10.1. The first kappa shape index (κ1) is 29.0. The third-order valence-electron chi connectivity index (χ3n) is 6.69. The molecule has 6 rings (SSSR count). The Morgan fingerprint density at radius 3 is 2.41 bits per heavy atom. The molecule has 0 fully saturated rings. The van der Waals surface area contributed by atoms with Crippen molar-refractivity contribution in [2.75, 3.05) is 13.2 Å². The highest BCUT2D eigenvalue weighted by Gasteiger charge is 2.16. The molecule has 0 aliphatic rings. The maximum absolute atomic E-state index is 14.9. The number of thiazole rings is 1. The van der Waals surface area contributed by atoms with Gasteiger partial charge in [0.15, 0.2) is 17.4 Å². The highest BCUT2D eigenvalue weighted by Crippen LogP contribution is 2.29. The van der Waals surface area contributed by atoms with Crippen molar-refractivity contribution >= 4 is 34.5 Å². The summed E-state index contributed by atoms with van der Waals surface area (Å²) in [6, 6.07) is 22.1. The summed E-state index contributed by atoms with van der Waals surface area (Å²) in [5.74, 6) is 0.981. The number of benzene rings is 3. The van der Waals surface area contributed by atoms with E-state index in [1.54, 1.807) is 29.0 Å². The molecule has 0 aliphatic carbocycles. The molecule has 10 heteroatoms. The number of ether oxygens (including phenoxy) is 2. The molecule has 8 nitrogen and oxygen atoms in total. The van der Waals surface area contributed by atoms with Gasteiger partial charge in [-0.05, 0) is 73.0 Å². The molecule has 6 aromatic rings. The molecular formula is C34H30FN5O3S. The van der Waals surface area contributed by atoms with Crippen molar-refractivity contribution in [1.29, 1.82) is 0 Å². The number of rotatable bonds is 11. The molecule has 3 aromatic heterocycles. The number of hydrogen-bond donors (Lipinski definition) is 0. The first-order valence-corrected chi connectivity index (χ1v) is 15.2. The summed E-state index contributed by atoms with van der Waals surface area (Å²) < 4.78 is 29.5. The van der Waals surface area contributed by atoms with Gasteiger partial charge in [0.1, 0.15) is 11.4 Å². The minimum Gasteiger partial charge on any atom is -0.494 e. The second kappa shape index (κ2) is 13.0. The van der Waals surface area contributed by atoms with E-state index < -0.39 is 5.82 Å². The number of aromatic nitrogens is 5. The van der Waals surface area contributed by atoms with E-state index in [1.807, 2.05) is 73.8 Å². The van der Waals surface area contributed by atoms with Crippen LogP contribution in [0.4, 0.5) is 4.39 Å². The highest BCUT2D eigenvalue weighted by atomic mass is 32.1. The van der Waals surface area contributed by atoms with Crippen LogP contribution in [0.1, 0.15) is 43.6 Å². The number of nitrogens with zero attached hydrogens (tertiary/aromatic N) is 5. The molecule has 0 amide bonds. The van der Waals surface area contributed by atoms with E-state index in [1.165, 1.54) is 21.9 Å². The normalized spacial score (nSPS) is 12.0. The van der Waals surface area contributed by atoms with Crippen LogP contribution in [0.3, 0.4) is 0 Å². The Morgan fingerprint density at radius 2 is 1.68 bits per heavy atom. The van der Waals surface area contributed by atoms with E-state index in [0.29, 0.717) is 45.4 Å². The van der Waals surface area contributed by atoms with Gasteiger partial charge in [-0.1, -0.05) is 61.6 Å². The maximum Gasteiger partial charge on any atom is 0.291 e. The lowest BCUT2D eigenvalue weighted by Gasteiger charge is -2.07. The first-order valence-electron chi connectivity index (χ1n) is 14.4. The average Bonchev–Trinajstić information content (AvgIpc) is 3.74. The van der Waals surface area contributed by atoms with E-state index in [2.05, 4.69) is 17.0 Å². The van der Waals surface area contributed by atoms with Crippen LogP contribution in [0, 0.1) is 5.82 Å². The summed E-state index contributed by atoms with van der Waals surface area (Å²) in [6.45, 7) is 5.14. The van der Waals surface area contributed by atoms with Gasteiger partial charge in [0, 0.05) is 17.3 Å². The van der Waals surface area contributed by atoms with Crippen LogP contribution < -0.4 is 19.6 Å². The van der Waals surface area contributed by atoms with Gasteiger partial charge in [-0.15, -0.1) is 5.10 Å². The minimum atomic E-state index is -0.471. The van der Waals surface area contributed by atoms with Gasteiger partial charge in [0.25, 0.3) is 5.56 Å². The van der Waals surface area contributed by atoms with E-state index >= 15 is 0 Å². The van der Waals surface area contributed by atoms with Crippen molar-refractivity contribution in [2.45, 2.75) is 26.7 Å². The number of halogens is 1. The van der Waals surface area contributed by atoms with Crippen LogP contribution in [0.25, 0.3) is 40.1 Å². The molecule has 0 unspecified atom stereocenters. The van der Waals surface area contributed by atoms with Gasteiger partial charge < -0.3 is 9.47 Å². The van der Waals surface area contributed by atoms with Crippen molar-refractivity contribution < 1.29 is 13.9 Å². The molecule has 0 radical (unpaired) electrons. The Labute approximate surface area is 257 Å². The van der Waals surface area contributed by atoms with Crippen LogP contribution in [0.15, 0.2) is 83.8 Å². The SMILES string of the molecule is CCCOc1ccc(/C=C/c2nc3s/c(=C\c4cn(-c5ccccc5)nc4-c4ccc(OCCC)c(F)c4)c(=O)n3n2)cc1. The summed E-state index contributed by atoms with van der Waals surface area (Å²) in [5.41, 5.74) is 3.26. The summed E-state index contributed by atoms with van der Waals surface area (Å²) in [5, 5.41) is 9.18. The number of fused-ring (bicyclic) bond motifs is 1. The predicted molar refractivity (Wildman–Crippen MR) is 172 cm³/mol. The molecule has 0 atom stereocenters. The van der Waals surface area contributed by atoms with Crippen molar-refractivity contribution in [3.05, 3.63) is 117 Å². The monoisotopic (exact) mass is 607 g/mol. The van der Waals surface area contributed by atoms with Gasteiger partial charge in [0.05, 0.1) is 23.4 Å². The van der Waals surface area contributed by atoms with E-state index in [4.69, 9.17) is 14.6 Å². The molecule has 0 bridgehead atoms. The van der Waals surface area contributed by atoms with Gasteiger partial charge in [-0.3, -0.25) is 4.79 Å². The van der Waals surface area contributed by atoms with Crippen LogP contribution in [-0.2, 0) is 0 Å². The Bertz CT molecular complexity index is 2030. The zero-order chi connectivity index (χ0) is 30.5. The predicted octanol–water partition coefficient (Wildman–Crippen LogP) is 6.44. The lowest BCUT2D eigenvalue weighted by Crippen LogP contribution is -2.23. The minimum absolute atomic E-state index is 0.193. The first-order chi connectivity index (χ1) is 21.5. The molecule has 0 spiro atoms. The van der Waals surface area contributed by atoms with Crippen LogP contribution in [0.2, 0.25) is 0 Å². The molecular weight excluding hydrogens is 577 g/mol. The topological polar surface area (TPSA) is 83.5 Å². The molecule has 3 heterocycles. The van der Waals surface area contributed by atoms with Crippen molar-refractivity contribution in [3.63, 3.8) is 0 Å². The Balaban J connectivity index is 1.33. The Morgan fingerprint density at radius 1 is 0.909 bits per heavy atom. The molecule has 3 aromatic carbocycles. The van der Waals surface area contributed by atoms with Crippen LogP contribution in [-0.4, -0.2) is 37.6 Å². The zero-order valence-corrected chi connectivity index (χ0v) is 25.1. The van der Waals surface area contributed by atoms with Gasteiger partial charge in [0.2, 0.25) is 4.96 Å². The van der Waals surface area contributed by atoms with Gasteiger partial charge in [-0.2, -0.15) is 14.6 Å². The fraction of sp³-hybridized carbons (Fsp3) is 0.176. The molecule has 0 N–H and O–H groups in total. The molecule has 0 saturated carbocycles. The van der Waals surface area contributed by atoms with Crippen LogP contribution in [0.5, 0.6) is 11.5 Å². The number of hydrogen-bond acceptors (Lipinski definition) is 7. The van der Waals surface area contributed by atoms with E-state index in [9.17, 15) is 9.18 Å². The molecule has 0 aliphatic heterocycles. The summed E-state index contributed by atoms with van der Waals surface area (Å²) in [4.78, 5) is 18.4. The maximum atomic E-state index is 14.9. The van der Waals surface area contributed by atoms with Crippen molar-refractivity contribution in [1.82, 2.24) is 24.4 Å². The Hall–Kier alpha value is -5.09. The second-order valence-corrected chi connectivity index (χ2v) is 11.0. The fourth-order valence-corrected chi connectivity index (χ4v) is 5.44. The summed E-state index contributed by atoms with van der Waals surface area (Å²) in [7, 11) is 0. The van der Waals surface area contributed by atoms with Crippen LogP contribution >= 0.6 is 11.3 Å². The Kier molecular flexibility index (Phi) is 8.60. The summed E-state index contributed by atoms with van der Waals surface area (Å²) >= 11 is 1.23. The number of para-hydroxylation sites is 1. The van der Waals surface area contributed by atoms with Crippen molar-refractivity contribution in [2.24, 2.45) is 0 Å². The smallest absolute Gasteiger partial charge is 0.291 e. The second-order valence-electron chi connectivity index (χ2n) is 10.0. The quantitative estimate of drug-likeness (QED) is 0.169. The highest BCUT2D eigenvalue weighted by molar-refractivity contribution is 7.15. The van der Waals surface area contributed by atoms with E-state index in [0.717, 1.165) is 29.8 Å². The average molecular weight is 608 g/mol. The molecule has 222 valence electrons. The van der Waals surface area contributed by atoms with Gasteiger partial charge >= 0.3 is 0 Å². The summed E-state index contributed by atoms with van der Waals surface area (Å²) in [6.07, 6.45) is 8.97. The standard InChI is InChI=1S/C34H30FN5O3S/c1-3-18-42-27-14-10-23(11-15-27)12-17-31-36-34-40(37-31)33(41)30(44-34)21-25-22-39(26-8-6-5-7-9-26)38-32(25)24-13-16-29(28(35)20-24)43-19-4-2/h5-17,20-22H,3-4,18-19H2,1-2H3/b17-12+,30-21-. The largest absolute Gasteiger partial charge is 0.494 e. The lowest BCUT2D eigenvalue weighted by molar-refractivity contribution is 0.301. The molecule has 44 heavy (non-hydrogen) atoms. The van der Waals surface area contributed by atoms with Gasteiger partial charge in [-0.25, -0.2) is 9.07 Å². The third kappa shape index (κ3) is 6.30. The fourth-order valence-electron chi connectivity index (χ4n) is 4.53.